The molecule has 0 atom stereocenters. The minimum absolute atomic E-state index is 0.0927. The number of anilines is 1. The first-order valence-electron chi connectivity index (χ1n) is 8.02. The summed E-state index contributed by atoms with van der Waals surface area (Å²) >= 11 is 0. The van der Waals surface area contributed by atoms with Crippen molar-refractivity contribution >= 4 is 11.6 Å². The number of benzene rings is 1. The molecule has 0 heterocycles. The van der Waals surface area contributed by atoms with Crippen molar-refractivity contribution in [2.45, 2.75) is 66.5 Å². The lowest BCUT2D eigenvalue weighted by molar-refractivity contribution is -0.120. The molecular weight excluding hydrogens is 260 g/mol. The number of aryl methyl sites for hydroxylation is 2. The minimum atomic E-state index is 0.0927. The number of nitrogens with one attached hydrogen (secondary N) is 1. The zero-order chi connectivity index (χ0) is 16.0. The Morgan fingerprint density at radius 1 is 1.14 bits per heavy atom. The van der Waals surface area contributed by atoms with Crippen LogP contribution in [0.25, 0.3) is 0 Å². The minimum Gasteiger partial charge on any atom is -0.359 e. The van der Waals surface area contributed by atoms with Gasteiger partial charge in [0.25, 0.3) is 0 Å². The van der Waals surface area contributed by atoms with E-state index in [1.54, 1.807) is 0 Å². The van der Waals surface area contributed by atoms with E-state index in [0.717, 1.165) is 18.5 Å². The lowest BCUT2D eigenvalue weighted by atomic mass is 10.1. The van der Waals surface area contributed by atoms with Crippen LogP contribution >= 0.6 is 0 Å². The van der Waals surface area contributed by atoms with Gasteiger partial charge in [0.15, 0.2) is 0 Å². The van der Waals surface area contributed by atoms with Crippen LogP contribution in [-0.2, 0) is 4.79 Å². The van der Waals surface area contributed by atoms with Crippen LogP contribution in [-0.4, -0.2) is 24.5 Å². The molecule has 0 unspecified atom stereocenters. The van der Waals surface area contributed by atoms with Gasteiger partial charge in [-0.1, -0.05) is 19.9 Å². The monoisotopic (exact) mass is 290 g/mol. The fraction of sp³-hybridized carbons (Fsp3) is 0.611. The Hall–Kier alpha value is -1.51. The molecule has 0 aromatic heterocycles. The zero-order valence-electron chi connectivity index (χ0n) is 14.4. The molecule has 0 saturated heterocycles. The van der Waals surface area contributed by atoms with Gasteiger partial charge in [0.05, 0.1) is 6.54 Å². The number of hydrogen-bond acceptors (Lipinski definition) is 2. The molecule has 0 spiro atoms. The largest absolute Gasteiger partial charge is 0.359 e. The lowest BCUT2D eigenvalue weighted by Gasteiger charge is -2.32. The van der Waals surface area contributed by atoms with Gasteiger partial charge in [0.1, 0.15) is 0 Å². The van der Waals surface area contributed by atoms with Gasteiger partial charge in [0.2, 0.25) is 5.91 Å². The highest BCUT2D eigenvalue weighted by atomic mass is 16.2. The van der Waals surface area contributed by atoms with E-state index in [2.05, 4.69) is 56.1 Å². The summed E-state index contributed by atoms with van der Waals surface area (Å²) < 4.78 is 0. The van der Waals surface area contributed by atoms with E-state index >= 15 is 0 Å². The molecule has 118 valence electrons. The lowest BCUT2D eigenvalue weighted by Crippen LogP contribution is -2.44. The maximum atomic E-state index is 12.2. The van der Waals surface area contributed by atoms with Crippen molar-refractivity contribution in [3.8, 4) is 0 Å². The van der Waals surface area contributed by atoms with E-state index in [-0.39, 0.29) is 11.9 Å². The van der Waals surface area contributed by atoms with Crippen molar-refractivity contribution in [1.29, 1.82) is 0 Å². The van der Waals surface area contributed by atoms with Crippen LogP contribution < -0.4 is 10.2 Å². The van der Waals surface area contributed by atoms with E-state index in [1.807, 2.05) is 13.8 Å². The molecule has 21 heavy (non-hydrogen) atoms. The number of rotatable bonds is 7. The molecular formula is C18H30N2O. The molecule has 0 bridgehead atoms. The Bertz CT molecular complexity index is 464. The number of hydrogen-bond donors (Lipinski definition) is 1. The van der Waals surface area contributed by atoms with Crippen molar-refractivity contribution in [3.05, 3.63) is 29.3 Å². The molecule has 0 aliphatic carbocycles. The molecule has 1 amide bonds. The second-order valence-corrected chi connectivity index (χ2v) is 6.09. The molecule has 3 heteroatoms. The summed E-state index contributed by atoms with van der Waals surface area (Å²) in [4.78, 5) is 14.4. The first-order chi connectivity index (χ1) is 9.88. The highest BCUT2D eigenvalue weighted by Gasteiger charge is 2.19. The number of amides is 1. The van der Waals surface area contributed by atoms with Crippen molar-refractivity contribution in [3.63, 3.8) is 0 Å². The van der Waals surface area contributed by atoms with Gasteiger partial charge >= 0.3 is 0 Å². The van der Waals surface area contributed by atoms with Crippen molar-refractivity contribution in [2.75, 3.05) is 11.4 Å². The predicted molar refractivity (Wildman–Crippen MR) is 90.9 cm³/mol. The third-order valence-corrected chi connectivity index (χ3v) is 3.97. The normalized spacial score (nSPS) is 11.0. The second-order valence-electron chi connectivity index (χ2n) is 6.09. The van der Waals surface area contributed by atoms with Crippen molar-refractivity contribution < 1.29 is 4.79 Å². The van der Waals surface area contributed by atoms with Gasteiger partial charge in [-0.15, -0.1) is 0 Å². The third kappa shape index (κ3) is 5.07. The topological polar surface area (TPSA) is 32.3 Å². The Balaban J connectivity index is 3.01. The number of nitrogens with zero attached hydrogens (tertiary/aromatic N) is 1. The third-order valence-electron chi connectivity index (χ3n) is 3.97. The molecule has 0 saturated carbocycles. The van der Waals surface area contributed by atoms with Crippen LogP contribution in [0.4, 0.5) is 5.69 Å². The molecule has 1 rings (SSSR count). The Labute approximate surface area is 129 Å². The number of carbonyl (C=O) groups excluding carboxylic acids is 1. The van der Waals surface area contributed by atoms with Crippen LogP contribution in [0.1, 0.15) is 51.7 Å². The Morgan fingerprint density at radius 2 is 1.76 bits per heavy atom. The maximum absolute atomic E-state index is 12.2. The summed E-state index contributed by atoms with van der Waals surface area (Å²) in [6.45, 7) is 13.0. The average Bonchev–Trinajstić information content (AvgIpc) is 2.41. The smallest absolute Gasteiger partial charge is 0.239 e. The molecule has 0 aliphatic heterocycles. The van der Waals surface area contributed by atoms with E-state index in [4.69, 9.17) is 0 Å². The molecule has 1 aromatic rings. The van der Waals surface area contributed by atoms with Gasteiger partial charge in [-0.2, -0.15) is 0 Å². The second kappa shape index (κ2) is 8.06. The van der Waals surface area contributed by atoms with Gasteiger partial charge < -0.3 is 10.2 Å². The highest BCUT2D eigenvalue weighted by Crippen LogP contribution is 2.23. The fourth-order valence-electron chi connectivity index (χ4n) is 2.59. The fourth-order valence-corrected chi connectivity index (χ4v) is 2.59. The van der Waals surface area contributed by atoms with Crippen LogP contribution in [0.3, 0.4) is 0 Å². The van der Waals surface area contributed by atoms with Gasteiger partial charge in [-0.25, -0.2) is 0 Å². The quantitative estimate of drug-likeness (QED) is 0.828. The summed E-state index contributed by atoms with van der Waals surface area (Å²) in [7, 11) is 0. The maximum Gasteiger partial charge on any atom is 0.239 e. The van der Waals surface area contributed by atoms with Gasteiger partial charge in [-0.05, 0) is 63.8 Å². The van der Waals surface area contributed by atoms with Gasteiger partial charge in [-0.3, -0.25) is 4.79 Å². The summed E-state index contributed by atoms with van der Waals surface area (Å²) in [6, 6.07) is 7.03. The van der Waals surface area contributed by atoms with Gasteiger partial charge in [0, 0.05) is 17.8 Å². The summed E-state index contributed by atoms with van der Waals surface area (Å²) in [5, 5.41) is 2.99. The zero-order valence-corrected chi connectivity index (χ0v) is 14.4. The SMILES string of the molecule is CCC(CC)N(CC(=O)NC(C)C)c1ccc(C)c(C)c1. The predicted octanol–water partition coefficient (Wildman–Crippen LogP) is 3.82. The molecule has 0 radical (unpaired) electrons. The molecule has 1 aromatic carbocycles. The van der Waals surface area contributed by atoms with Crippen molar-refractivity contribution in [2.24, 2.45) is 0 Å². The first kappa shape index (κ1) is 17.5. The van der Waals surface area contributed by atoms with Crippen LogP contribution in [0, 0.1) is 13.8 Å². The molecule has 1 N–H and O–H groups in total. The van der Waals surface area contributed by atoms with Crippen molar-refractivity contribution in [1.82, 2.24) is 5.32 Å². The van der Waals surface area contributed by atoms with Crippen LogP contribution in [0.5, 0.6) is 0 Å². The average molecular weight is 290 g/mol. The standard InChI is InChI=1S/C18H30N2O/c1-7-16(8-2)20(12-18(21)19-13(3)4)17-10-9-14(5)15(6)11-17/h9-11,13,16H,7-8,12H2,1-6H3,(H,19,21). The molecule has 0 fully saturated rings. The van der Waals surface area contributed by atoms with Crippen LogP contribution in [0.2, 0.25) is 0 Å². The van der Waals surface area contributed by atoms with E-state index < -0.39 is 0 Å². The van der Waals surface area contributed by atoms with E-state index in [0.29, 0.717) is 12.6 Å². The van der Waals surface area contributed by atoms with Crippen LogP contribution in [0.15, 0.2) is 18.2 Å². The summed E-state index contributed by atoms with van der Waals surface area (Å²) in [6.07, 6.45) is 2.08. The first-order valence-corrected chi connectivity index (χ1v) is 8.02. The molecule has 3 nitrogen and oxygen atoms in total. The Kier molecular flexibility index (Phi) is 6.73. The number of carbonyl (C=O) groups is 1. The Morgan fingerprint density at radius 3 is 2.24 bits per heavy atom. The summed E-state index contributed by atoms with van der Waals surface area (Å²) in [5.74, 6) is 0.0927. The summed E-state index contributed by atoms with van der Waals surface area (Å²) in [5.41, 5.74) is 3.70. The molecule has 0 aliphatic rings. The van der Waals surface area contributed by atoms with E-state index in [1.165, 1.54) is 11.1 Å². The van der Waals surface area contributed by atoms with E-state index in [9.17, 15) is 4.79 Å². The highest BCUT2D eigenvalue weighted by molar-refractivity contribution is 5.81.